The number of piperidine rings is 1. The van der Waals surface area contributed by atoms with E-state index in [-0.39, 0.29) is 5.69 Å². The van der Waals surface area contributed by atoms with E-state index in [0.29, 0.717) is 30.4 Å². The van der Waals surface area contributed by atoms with Crippen LogP contribution in [0.2, 0.25) is 0 Å². The monoisotopic (exact) mass is 295 g/mol. The molecule has 1 N–H and O–H groups in total. The fourth-order valence-electron chi connectivity index (χ4n) is 2.80. The van der Waals surface area contributed by atoms with Crippen LogP contribution in [0.4, 0.5) is 15.8 Å². The fraction of sp³-hybridized carbons (Fsp3) is 0.600. The molecule has 0 bridgehead atoms. The minimum absolute atomic E-state index is 0.157. The van der Waals surface area contributed by atoms with E-state index >= 15 is 0 Å². The highest BCUT2D eigenvalue weighted by Crippen LogP contribution is 2.31. The quantitative estimate of drug-likeness (QED) is 0.670. The Morgan fingerprint density at radius 3 is 2.81 bits per heavy atom. The number of nitro groups is 1. The van der Waals surface area contributed by atoms with Crippen LogP contribution in [0.5, 0.6) is 0 Å². The molecule has 0 aromatic heterocycles. The Balaban J connectivity index is 2.27. The molecule has 21 heavy (non-hydrogen) atoms. The summed E-state index contributed by atoms with van der Waals surface area (Å²) in [7, 11) is 0. The Hall–Kier alpha value is -1.69. The van der Waals surface area contributed by atoms with Crippen LogP contribution in [-0.2, 0) is 0 Å². The summed E-state index contributed by atoms with van der Waals surface area (Å²) in [5, 5.41) is 14.6. The van der Waals surface area contributed by atoms with Gasteiger partial charge in [0.1, 0.15) is 11.5 Å². The van der Waals surface area contributed by atoms with Crippen LogP contribution in [-0.4, -0.2) is 30.6 Å². The molecule has 2 rings (SSSR count). The Morgan fingerprint density at radius 1 is 1.48 bits per heavy atom. The van der Waals surface area contributed by atoms with E-state index in [2.05, 4.69) is 5.32 Å². The largest absolute Gasteiger partial charge is 0.365 e. The highest BCUT2D eigenvalue weighted by Gasteiger charge is 2.24. The maximum absolute atomic E-state index is 13.6. The molecular formula is C15H22FN3O2. The Bertz CT molecular complexity index is 516. The normalized spacial score (nSPS) is 18.5. The molecule has 0 spiro atoms. The maximum atomic E-state index is 13.6. The lowest BCUT2D eigenvalue weighted by atomic mass is 10.0. The van der Waals surface area contributed by atoms with Gasteiger partial charge < -0.3 is 10.2 Å². The molecule has 1 atom stereocenters. The highest BCUT2D eigenvalue weighted by atomic mass is 19.1. The van der Waals surface area contributed by atoms with Crippen molar-refractivity contribution in [2.45, 2.75) is 39.2 Å². The molecule has 1 saturated heterocycles. The van der Waals surface area contributed by atoms with E-state index in [9.17, 15) is 14.5 Å². The second-order valence-corrected chi connectivity index (χ2v) is 5.53. The molecule has 1 fully saturated rings. The van der Waals surface area contributed by atoms with Crippen molar-refractivity contribution in [3.63, 3.8) is 0 Å². The first-order chi connectivity index (χ1) is 10.0. The zero-order valence-electron chi connectivity index (χ0n) is 12.6. The molecule has 0 radical (unpaired) electrons. The van der Waals surface area contributed by atoms with Gasteiger partial charge in [-0.1, -0.05) is 6.42 Å². The van der Waals surface area contributed by atoms with Gasteiger partial charge in [-0.2, -0.15) is 0 Å². The predicted molar refractivity (Wildman–Crippen MR) is 81.3 cm³/mol. The molecule has 1 unspecified atom stereocenters. The van der Waals surface area contributed by atoms with E-state index in [4.69, 9.17) is 0 Å². The standard InChI is InChI=1S/C15H22FN3O2/c1-3-18(10-12-6-4-5-7-17-12)14-8-11(2)13(16)9-15(14)19(20)21/h8-9,12,17H,3-7,10H2,1-2H3. The molecule has 0 aliphatic carbocycles. The molecule has 1 aromatic rings. The summed E-state index contributed by atoms with van der Waals surface area (Å²) in [5.74, 6) is -0.530. The Labute approximate surface area is 124 Å². The average molecular weight is 295 g/mol. The summed E-state index contributed by atoms with van der Waals surface area (Å²) in [6.45, 7) is 5.96. The number of likely N-dealkylation sites (N-methyl/N-ethyl adjacent to an activating group) is 1. The number of nitrogens with one attached hydrogen (secondary N) is 1. The third-order valence-electron chi connectivity index (χ3n) is 4.03. The van der Waals surface area contributed by atoms with Gasteiger partial charge in [0.15, 0.2) is 0 Å². The first-order valence-electron chi connectivity index (χ1n) is 7.45. The minimum Gasteiger partial charge on any atom is -0.365 e. The first-order valence-corrected chi connectivity index (χ1v) is 7.45. The van der Waals surface area contributed by atoms with E-state index in [1.165, 1.54) is 12.8 Å². The second kappa shape index (κ2) is 6.85. The van der Waals surface area contributed by atoms with E-state index in [0.717, 1.165) is 19.0 Å². The number of halogens is 1. The molecule has 0 amide bonds. The molecule has 5 nitrogen and oxygen atoms in total. The first kappa shape index (κ1) is 15.7. The summed E-state index contributed by atoms with van der Waals surface area (Å²) in [6.07, 6.45) is 3.43. The van der Waals surface area contributed by atoms with Gasteiger partial charge in [0.2, 0.25) is 0 Å². The van der Waals surface area contributed by atoms with Gasteiger partial charge in [-0.15, -0.1) is 0 Å². The highest BCUT2D eigenvalue weighted by molar-refractivity contribution is 5.64. The zero-order valence-corrected chi connectivity index (χ0v) is 12.6. The van der Waals surface area contributed by atoms with Gasteiger partial charge in [0.25, 0.3) is 5.69 Å². The van der Waals surface area contributed by atoms with Crippen molar-refractivity contribution >= 4 is 11.4 Å². The third kappa shape index (κ3) is 3.69. The van der Waals surface area contributed by atoms with Gasteiger partial charge in [-0.05, 0) is 44.9 Å². The molecule has 1 aliphatic heterocycles. The lowest BCUT2D eigenvalue weighted by molar-refractivity contribution is -0.384. The number of hydrogen-bond acceptors (Lipinski definition) is 4. The summed E-state index contributed by atoms with van der Waals surface area (Å²) < 4.78 is 13.6. The predicted octanol–water partition coefficient (Wildman–Crippen LogP) is 3.01. The van der Waals surface area contributed by atoms with Crippen LogP contribution in [0.15, 0.2) is 12.1 Å². The van der Waals surface area contributed by atoms with Gasteiger partial charge in [-0.25, -0.2) is 4.39 Å². The van der Waals surface area contributed by atoms with Crippen molar-refractivity contribution in [2.24, 2.45) is 0 Å². The van der Waals surface area contributed by atoms with Crippen LogP contribution in [0, 0.1) is 22.9 Å². The van der Waals surface area contributed by atoms with Crippen molar-refractivity contribution < 1.29 is 9.31 Å². The number of nitro benzene ring substituents is 1. The van der Waals surface area contributed by atoms with Crippen molar-refractivity contribution in [1.82, 2.24) is 5.32 Å². The SMILES string of the molecule is CCN(CC1CCCCN1)c1cc(C)c(F)cc1[N+](=O)[O-]. The van der Waals surface area contributed by atoms with Gasteiger partial charge in [0.05, 0.1) is 11.0 Å². The second-order valence-electron chi connectivity index (χ2n) is 5.53. The minimum atomic E-state index is -0.530. The van der Waals surface area contributed by atoms with E-state index < -0.39 is 10.7 Å². The van der Waals surface area contributed by atoms with Gasteiger partial charge in [-0.3, -0.25) is 10.1 Å². The van der Waals surface area contributed by atoms with Crippen LogP contribution in [0.25, 0.3) is 0 Å². The summed E-state index contributed by atoms with van der Waals surface area (Å²) in [5.41, 5.74) is 0.787. The van der Waals surface area contributed by atoms with Gasteiger partial charge >= 0.3 is 0 Å². The van der Waals surface area contributed by atoms with Crippen LogP contribution >= 0.6 is 0 Å². The summed E-state index contributed by atoms with van der Waals surface area (Å²) >= 11 is 0. The van der Waals surface area contributed by atoms with Crippen LogP contribution in [0.3, 0.4) is 0 Å². The number of anilines is 1. The molecule has 116 valence electrons. The van der Waals surface area contributed by atoms with Crippen molar-refractivity contribution in [3.05, 3.63) is 33.6 Å². The summed E-state index contributed by atoms with van der Waals surface area (Å²) in [4.78, 5) is 12.7. The Morgan fingerprint density at radius 2 is 2.24 bits per heavy atom. The number of hydrogen-bond donors (Lipinski definition) is 1. The number of nitrogens with zero attached hydrogens (tertiary/aromatic N) is 2. The van der Waals surface area contributed by atoms with Crippen molar-refractivity contribution in [2.75, 3.05) is 24.5 Å². The van der Waals surface area contributed by atoms with Crippen molar-refractivity contribution in [3.8, 4) is 0 Å². The number of benzene rings is 1. The number of rotatable bonds is 5. The zero-order chi connectivity index (χ0) is 15.4. The van der Waals surface area contributed by atoms with Gasteiger partial charge in [0, 0.05) is 19.1 Å². The molecule has 0 saturated carbocycles. The van der Waals surface area contributed by atoms with E-state index in [1.807, 2.05) is 11.8 Å². The van der Waals surface area contributed by atoms with Crippen molar-refractivity contribution in [1.29, 1.82) is 0 Å². The fourth-order valence-corrected chi connectivity index (χ4v) is 2.80. The molecule has 6 heteroatoms. The lowest BCUT2D eigenvalue weighted by Crippen LogP contribution is -2.44. The molecule has 1 aromatic carbocycles. The maximum Gasteiger partial charge on any atom is 0.295 e. The lowest BCUT2D eigenvalue weighted by Gasteiger charge is -2.31. The number of aryl methyl sites for hydroxylation is 1. The van der Waals surface area contributed by atoms with Crippen LogP contribution in [0.1, 0.15) is 31.7 Å². The summed E-state index contributed by atoms with van der Waals surface area (Å²) in [6, 6.07) is 2.95. The van der Waals surface area contributed by atoms with Crippen LogP contribution < -0.4 is 10.2 Å². The molecular weight excluding hydrogens is 273 g/mol. The topological polar surface area (TPSA) is 58.4 Å². The molecule has 1 heterocycles. The Kier molecular flexibility index (Phi) is 5.12. The molecule has 1 aliphatic rings. The smallest absolute Gasteiger partial charge is 0.295 e. The third-order valence-corrected chi connectivity index (χ3v) is 4.03. The van der Waals surface area contributed by atoms with E-state index in [1.54, 1.807) is 13.0 Å². The average Bonchev–Trinajstić information content (AvgIpc) is 2.48.